The molecule has 1 aromatic heterocycles. The van der Waals surface area contributed by atoms with Gasteiger partial charge in [-0.3, -0.25) is 0 Å². The molecule has 2 aromatic carbocycles. The normalized spacial score (nSPS) is 12.6. The number of hydrogen-bond donors (Lipinski definition) is 2. The minimum atomic E-state index is 0.588. The van der Waals surface area contributed by atoms with Crippen LogP contribution in [0.4, 0.5) is 0 Å². The maximum Gasteiger partial charge on any atom is 0.0497 e. The van der Waals surface area contributed by atoms with E-state index < -0.39 is 0 Å². The number of halogens is 1. The maximum atomic E-state index is 5.72. The third-order valence-electron chi connectivity index (χ3n) is 5.11. The summed E-state index contributed by atoms with van der Waals surface area (Å²) >= 11 is 3.60. The Morgan fingerprint density at radius 2 is 1.96 bits per heavy atom. The molecule has 0 radical (unpaired) electrons. The summed E-state index contributed by atoms with van der Waals surface area (Å²) < 4.78 is 1.11. The predicted molar refractivity (Wildman–Crippen MR) is 112 cm³/mol. The first-order valence-electron chi connectivity index (χ1n) is 9.24. The van der Waals surface area contributed by atoms with Gasteiger partial charge in [0.1, 0.15) is 0 Å². The van der Waals surface area contributed by atoms with Gasteiger partial charge >= 0.3 is 0 Å². The van der Waals surface area contributed by atoms with Crippen molar-refractivity contribution in [2.45, 2.75) is 45.4 Å². The first kappa shape index (κ1) is 18.2. The molecule has 0 aliphatic heterocycles. The summed E-state index contributed by atoms with van der Waals surface area (Å²) in [5, 5.41) is 1.37. The van der Waals surface area contributed by atoms with Gasteiger partial charge in [0.2, 0.25) is 0 Å². The minimum Gasteiger partial charge on any atom is -0.354 e. The summed E-state index contributed by atoms with van der Waals surface area (Å²) in [5.74, 6) is 0.588. The van der Waals surface area contributed by atoms with Gasteiger partial charge in [-0.1, -0.05) is 48.0 Å². The zero-order valence-electron chi connectivity index (χ0n) is 15.1. The maximum absolute atomic E-state index is 5.72. The van der Waals surface area contributed by atoms with Gasteiger partial charge in [0.05, 0.1) is 0 Å². The molecule has 0 saturated carbocycles. The van der Waals surface area contributed by atoms with Crippen molar-refractivity contribution in [1.29, 1.82) is 0 Å². The molecule has 1 heterocycles. The number of unbranched alkanes of at least 4 members (excludes halogenated alkanes) is 1. The highest BCUT2D eigenvalue weighted by Gasteiger charge is 2.15. The molecule has 0 saturated heterocycles. The number of fused-ring (bicyclic) bond motifs is 1. The number of nitrogens with one attached hydrogen (secondary N) is 1. The molecule has 3 aromatic rings. The SMILES string of the molecule is CCC(C)c1ccc2[nH]c(-c3cccc(Br)c3)c(CCCCN)c2c1. The Morgan fingerprint density at radius 3 is 2.68 bits per heavy atom. The Balaban J connectivity index is 2.12. The molecule has 132 valence electrons. The van der Waals surface area contributed by atoms with E-state index in [-0.39, 0.29) is 0 Å². The zero-order chi connectivity index (χ0) is 17.8. The van der Waals surface area contributed by atoms with Crippen LogP contribution in [0.5, 0.6) is 0 Å². The lowest BCUT2D eigenvalue weighted by molar-refractivity contribution is 0.734. The Bertz CT molecular complexity index is 850. The standard InChI is InChI=1S/C22H27BrN2/c1-3-15(2)16-10-11-21-20(14-16)19(9-4-5-12-24)22(25-21)17-7-6-8-18(23)13-17/h6-8,10-11,13-15,25H,3-5,9,12,24H2,1-2H3. The van der Waals surface area contributed by atoms with Gasteiger partial charge in [-0.25, -0.2) is 0 Å². The Hall–Kier alpha value is -1.58. The van der Waals surface area contributed by atoms with Crippen LogP contribution in [0.1, 0.15) is 50.2 Å². The topological polar surface area (TPSA) is 41.8 Å². The average Bonchev–Trinajstić information content (AvgIpc) is 2.99. The molecule has 0 amide bonds. The molecule has 1 unspecified atom stereocenters. The van der Waals surface area contributed by atoms with Crippen molar-refractivity contribution in [3.05, 3.63) is 58.1 Å². The highest BCUT2D eigenvalue weighted by atomic mass is 79.9. The summed E-state index contributed by atoms with van der Waals surface area (Å²) in [5.41, 5.74) is 12.3. The van der Waals surface area contributed by atoms with Crippen LogP contribution in [-0.2, 0) is 6.42 Å². The molecular formula is C22H27BrN2. The number of aromatic nitrogens is 1. The van der Waals surface area contributed by atoms with Gasteiger partial charge < -0.3 is 10.7 Å². The Morgan fingerprint density at radius 1 is 1.12 bits per heavy atom. The number of aryl methyl sites for hydroxylation is 1. The van der Waals surface area contributed by atoms with E-state index in [4.69, 9.17) is 5.73 Å². The smallest absolute Gasteiger partial charge is 0.0497 e. The molecular weight excluding hydrogens is 372 g/mol. The summed E-state index contributed by atoms with van der Waals surface area (Å²) in [6.45, 7) is 5.31. The number of benzene rings is 2. The number of nitrogens with two attached hydrogens (primary N) is 1. The summed E-state index contributed by atoms with van der Waals surface area (Å²) in [4.78, 5) is 3.67. The first-order valence-corrected chi connectivity index (χ1v) is 10.0. The fraction of sp³-hybridized carbons (Fsp3) is 0.364. The van der Waals surface area contributed by atoms with Crippen molar-refractivity contribution in [2.24, 2.45) is 5.73 Å². The van der Waals surface area contributed by atoms with Crippen molar-refractivity contribution < 1.29 is 0 Å². The average molecular weight is 399 g/mol. The van der Waals surface area contributed by atoms with Crippen LogP contribution in [0.3, 0.4) is 0 Å². The first-order chi connectivity index (χ1) is 12.1. The highest BCUT2D eigenvalue weighted by molar-refractivity contribution is 9.10. The third-order valence-corrected chi connectivity index (χ3v) is 5.60. The van der Waals surface area contributed by atoms with Crippen molar-refractivity contribution in [2.75, 3.05) is 6.54 Å². The predicted octanol–water partition coefficient (Wildman–Crippen LogP) is 6.39. The van der Waals surface area contributed by atoms with Gasteiger partial charge in [0.15, 0.2) is 0 Å². The van der Waals surface area contributed by atoms with E-state index in [1.807, 2.05) is 0 Å². The highest BCUT2D eigenvalue weighted by Crippen LogP contribution is 2.34. The van der Waals surface area contributed by atoms with E-state index in [0.717, 1.165) is 36.7 Å². The van der Waals surface area contributed by atoms with E-state index in [1.165, 1.54) is 33.3 Å². The number of aromatic amines is 1. The minimum absolute atomic E-state index is 0.588. The van der Waals surface area contributed by atoms with E-state index in [1.54, 1.807) is 0 Å². The molecule has 0 bridgehead atoms. The summed E-state index contributed by atoms with van der Waals surface area (Å²) in [6, 6.07) is 15.4. The van der Waals surface area contributed by atoms with Crippen molar-refractivity contribution >= 4 is 26.8 Å². The van der Waals surface area contributed by atoms with Crippen LogP contribution in [0, 0.1) is 0 Å². The van der Waals surface area contributed by atoms with Crippen LogP contribution in [0.2, 0.25) is 0 Å². The fourth-order valence-corrected chi connectivity index (χ4v) is 3.80. The lowest BCUT2D eigenvalue weighted by atomic mass is 9.94. The molecule has 3 rings (SSSR count). The number of hydrogen-bond acceptors (Lipinski definition) is 1. The molecule has 0 aliphatic carbocycles. The summed E-state index contributed by atoms with van der Waals surface area (Å²) in [7, 11) is 0. The third kappa shape index (κ3) is 3.99. The van der Waals surface area contributed by atoms with Crippen molar-refractivity contribution in [1.82, 2.24) is 4.98 Å². The van der Waals surface area contributed by atoms with Crippen LogP contribution >= 0.6 is 15.9 Å². The second-order valence-corrected chi connectivity index (χ2v) is 7.76. The van der Waals surface area contributed by atoms with Gasteiger partial charge in [0.25, 0.3) is 0 Å². The van der Waals surface area contributed by atoms with Gasteiger partial charge in [-0.2, -0.15) is 0 Å². The second kappa shape index (κ2) is 8.20. The van der Waals surface area contributed by atoms with E-state index in [0.29, 0.717) is 5.92 Å². The Kier molecular flexibility index (Phi) is 5.98. The number of rotatable bonds is 7. The second-order valence-electron chi connectivity index (χ2n) is 6.85. The van der Waals surface area contributed by atoms with Crippen LogP contribution in [0.25, 0.3) is 22.2 Å². The summed E-state index contributed by atoms with van der Waals surface area (Å²) in [6.07, 6.45) is 4.41. The molecule has 25 heavy (non-hydrogen) atoms. The number of H-pyrrole nitrogens is 1. The molecule has 0 spiro atoms. The molecule has 0 aliphatic rings. The lowest BCUT2D eigenvalue weighted by Crippen LogP contribution is -1.99. The van der Waals surface area contributed by atoms with E-state index in [9.17, 15) is 0 Å². The fourth-order valence-electron chi connectivity index (χ4n) is 3.40. The molecule has 3 N–H and O–H groups in total. The Labute approximate surface area is 159 Å². The van der Waals surface area contributed by atoms with Crippen molar-refractivity contribution in [3.8, 4) is 11.3 Å². The largest absolute Gasteiger partial charge is 0.354 e. The van der Waals surface area contributed by atoms with E-state index in [2.05, 4.69) is 77.2 Å². The van der Waals surface area contributed by atoms with Gasteiger partial charge in [-0.05, 0) is 79.1 Å². The van der Waals surface area contributed by atoms with Crippen LogP contribution in [0.15, 0.2) is 46.9 Å². The van der Waals surface area contributed by atoms with Crippen LogP contribution in [-0.4, -0.2) is 11.5 Å². The molecule has 3 heteroatoms. The van der Waals surface area contributed by atoms with Gasteiger partial charge in [-0.15, -0.1) is 0 Å². The van der Waals surface area contributed by atoms with E-state index >= 15 is 0 Å². The van der Waals surface area contributed by atoms with Crippen LogP contribution < -0.4 is 5.73 Å². The lowest BCUT2D eigenvalue weighted by Gasteiger charge is -2.10. The zero-order valence-corrected chi connectivity index (χ0v) is 16.7. The monoisotopic (exact) mass is 398 g/mol. The quantitative estimate of drug-likeness (QED) is 0.444. The molecule has 2 nitrogen and oxygen atoms in total. The van der Waals surface area contributed by atoms with Crippen molar-refractivity contribution in [3.63, 3.8) is 0 Å². The van der Waals surface area contributed by atoms with Gasteiger partial charge in [0, 0.05) is 21.1 Å². The molecule has 0 fully saturated rings. The molecule has 1 atom stereocenters.